The lowest BCUT2D eigenvalue weighted by Gasteiger charge is -2.19. The van der Waals surface area contributed by atoms with Crippen molar-refractivity contribution in [2.24, 2.45) is 0 Å². The van der Waals surface area contributed by atoms with Crippen LogP contribution in [0.1, 0.15) is 20.3 Å². The summed E-state index contributed by atoms with van der Waals surface area (Å²) in [5, 5.41) is 4.25. The van der Waals surface area contributed by atoms with Gasteiger partial charge >= 0.3 is 0 Å². The number of para-hydroxylation sites is 3. The van der Waals surface area contributed by atoms with Gasteiger partial charge in [0, 0.05) is 0 Å². The van der Waals surface area contributed by atoms with Gasteiger partial charge in [0.25, 0.3) is 11.5 Å². The number of aromatic nitrogens is 2. The zero-order chi connectivity index (χ0) is 27.1. The fourth-order valence-corrected chi connectivity index (χ4v) is 5.58. The van der Waals surface area contributed by atoms with Crippen LogP contribution in [0.2, 0.25) is 0 Å². The summed E-state index contributed by atoms with van der Waals surface area (Å²) in [6.07, 6.45) is 0.448. The summed E-state index contributed by atoms with van der Waals surface area (Å²) in [6.45, 7) is 3.86. The van der Waals surface area contributed by atoms with E-state index in [9.17, 15) is 14.4 Å². The second-order valence-electron chi connectivity index (χ2n) is 7.86. The van der Waals surface area contributed by atoms with E-state index in [4.69, 9.17) is 9.47 Å². The van der Waals surface area contributed by atoms with Crippen molar-refractivity contribution in [3.05, 3.63) is 74.8 Å². The first kappa shape index (κ1) is 27.7. The van der Waals surface area contributed by atoms with E-state index in [2.05, 4.69) is 31.7 Å². The topological polar surface area (TPSA) is 112 Å². The number of nitrogens with one attached hydrogen (secondary N) is 2. The largest absolute Gasteiger partial charge is 0.492 e. The Balaban J connectivity index is 1.56. The second kappa shape index (κ2) is 12.9. The average Bonchev–Trinajstić information content (AvgIpc) is 3.39. The molecule has 2 heterocycles. The maximum atomic E-state index is 13.3. The van der Waals surface area contributed by atoms with Gasteiger partial charge in [0.15, 0.2) is 11.8 Å². The van der Waals surface area contributed by atoms with Gasteiger partial charge in [-0.05, 0) is 65.0 Å². The Morgan fingerprint density at radius 3 is 2.55 bits per heavy atom. The van der Waals surface area contributed by atoms with Gasteiger partial charge in [-0.3, -0.25) is 19.8 Å². The molecule has 2 N–H and O–H groups in total. The van der Waals surface area contributed by atoms with Crippen molar-refractivity contribution in [1.29, 1.82) is 0 Å². The van der Waals surface area contributed by atoms with E-state index in [-0.39, 0.29) is 17.7 Å². The molecule has 4 aromatic rings. The van der Waals surface area contributed by atoms with Gasteiger partial charge in [-0.25, -0.2) is 4.98 Å². The van der Waals surface area contributed by atoms with E-state index in [1.165, 1.54) is 11.3 Å². The number of nitrogens with zero attached hydrogens (tertiary/aromatic N) is 2. The lowest BCUT2D eigenvalue weighted by molar-refractivity contribution is -0.119. The van der Waals surface area contributed by atoms with E-state index in [1.54, 1.807) is 41.8 Å². The molecule has 4 rings (SSSR count). The summed E-state index contributed by atoms with van der Waals surface area (Å²) >= 11 is 5.70. The number of hydrogen-bond donors (Lipinski definition) is 2. The second-order valence-corrected chi connectivity index (χ2v) is 10.8. The van der Waals surface area contributed by atoms with E-state index in [1.807, 2.05) is 32.0 Å². The van der Waals surface area contributed by atoms with Gasteiger partial charge in [-0.2, -0.15) is 4.68 Å². The molecule has 2 amide bonds. The maximum absolute atomic E-state index is 13.3. The molecule has 0 radical (unpaired) electrons. The molecular weight excluding hydrogens is 592 g/mol. The van der Waals surface area contributed by atoms with Crippen LogP contribution in [-0.2, 0) is 9.59 Å². The number of hydrogen-bond acceptors (Lipinski definition) is 8. The summed E-state index contributed by atoms with van der Waals surface area (Å²) in [5.74, 6) is 0.228. The smallest absolute Gasteiger partial charge is 0.291 e. The molecule has 2 aromatic heterocycles. The number of rotatable bonds is 11. The van der Waals surface area contributed by atoms with Crippen molar-refractivity contribution in [2.75, 3.05) is 24.0 Å². The van der Waals surface area contributed by atoms with Crippen LogP contribution in [0, 0.1) is 0 Å². The fraction of sp³-hybridized carbons (Fsp3) is 0.231. The minimum absolute atomic E-state index is 0.190. The van der Waals surface area contributed by atoms with Crippen molar-refractivity contribution in [3.63, 3.8) is 0 Å². The van der Waals surface area contributed by atoms with Crippen LogP contribution >= 0.6 is 39.0 Å². The summed E-state index contributed by atoms with van der Waals surface area (Å²) < 4.78 is 13.4. The molecule has 2 aromatic carbocycles. The lowest BCUT2D eigenvalue weighted by atomic mass is 10.2. The Morgan fingerprint density at radius 1 is 1.08 bits per heavy atom. The summed E-state index contributed by atoms with van der Waals surface area (Å²) in [4.78, 5) is 43.8. The van der Waals surface area contributed by atoms with Crippen LogP contribution in [0.5, 0.6) is 11.5 Å². The Hall–Kier alpha value is -3.35. The summed E-state index contributed by atoms with van der Waals surface area (Å²) in [7, 11) is 0. The van der Waals surface area contributed by atoms with Crippen molar-refractivity contribution >= 4 is 66.7 Å². The fourth-order valence-electron chi connectivity index (χ4n) is 3.45. The van der Waals surface area contributed by atoms with Crippen molar-refractivity contribution in [2.45, 2.75) is 30.7 Å². The van der Waals surface area contributed by atoms with Crippen molar-refractivity contribution in [3.8, 4) is 11.5 Å². The average molecular weight is 618 g/mol. The SMILES string of the molecule is CCOc1ccccc1NC(=O)C(CC)Sc1nc2ccsc2c(=O)n1NC(=O)COc1ccccc1Br. The van der Waals surface area contributed by atoms with Gasteiger partial charge in [-0.15, -0.1) is 11.3 Å². The number of fused-ring (bicyclic) bond motifs is 1. The minimum atomic E-state index is -0.604. The molecule has 0 fully saturated rings. The molecule has 12 heteroatoms. The van der Waals surface area contributed by atoms with Gasteiger partial charge in [-0.1, -0.05) is 43.0 Å². The van der Waals surface area contributed by atoms with Crippen LogP contribution in [-0.4, -0.2) is 39.9 Å². The normalized spacial score (nSPS) is 11.7. The minimum Gasteiger partial charge on any atom is -0.492 e. The van der Waals surface area contributed by atoms with Gasteiger partial charge in [0.05, 0.1) is 27.5 Å². The quantitative estimate of drug-likeness (QED) is 0.174. The highest BCUT2D eigenvalue weighted by atomic mass is 79.9. The van der Waals surface area contributed by atoms with E-state index in [0.717, 1.165) is 16.4 Å². The Bertz CT molecular complexity index is 1510. The molecule has 0 saturated carbocycles. The van der Waals surface area contributed by atoms with E-state index in [0.29, 0.717) is 44.9 Å². The summed E-state index contributed by atoms with van der Waals surface area (Å²) in [6, 6.07) is 16.0. The first-order chi connectivity index (χ1) is 18.4. The van der Waals surface area contributed by atoms with Crippen LogP contribution in [0.4, 0.5) is 5.69 Å². The van der Waals surface area contributed by atoms with Gasteiger partial charge in [0.1, 0.15) is 16.2 Å². The molecule has 0 aliphatic heterocycles. The Kier molecular flexibility index (Phi) is 9.43. The number of anilines is 1. The predicted octanol–water partition coefficient (Wildman–Crippen LogP) is 5.28. The molecule has 1 unspecified atom stereocenters. The highest BCUT2D eigenvalue weighted by molar-refractivity contribution is 9.10. The molecule has 0 spiro atoms. The number of thiophene rings is 1. The first-order valence-electron chi connectivity index (χ1n) is 11.8. The number of carbonyl (C=O) groups excluding carboxylic acids is 2. The number of benzene rings is 2. The third-order valence-electron chi connectivity index (χ3n) is 5.24. The molecule has 9 nitrogen and oxygen atoms in total. The molecule has 198 valence electrons. The van der Waals surface area contributed by atoms with Gasteiger partial charge < -0.3 is 14.8 Å². The highest BCUT2D eigenvalue weighted by Gasteiger charge is 2.24. The number of carbonyl (C=O) groups is 2. The molecule has 0 bridgehead atoms. The Morgan fingerprint density at radius 2 is 1.82 bits per heavy atom. The number of halogens is 1. The highest BCUT2D eigenvalue weighted by Crippen LogP contribution is 2.29. The molecule has 38 heavy (non-hydrogen) atoms. The van der Waals surface area contributed by atoms with Gasteiger partial charge in [0.2, 0.25) is 5.91 Å². The molecule has 1 atom stereocenters. The monoisotopic (exact) mass is 616 g/mol. The Labute approximate surface area is 235 Å². The van der Waals surface area contributed by atoms with Crippen LogP contribution < -0.4 is 25.8 Å². The molecule has 0 aliphatic rings. The van der Waals surface area contributed by atoms with Crippen molar-refractivity contribution in [1.82, 2.24) is 9.66 Å². The molecule has 0 saturated heterocycles. The molecule has 0 aliphatic carbocycles. The molecular formula is C26H25BrN4O5S2. The van der Waals surface area contributed by atoms with Crippen LogP contribution in [0.3, 0.4) is 0 Å². The third-order valence-corrected chi connectivity index (χ3v) is 8.10. The number of thioether (sulfide) groups is 1. The predicted molar refractivity (Wildman–Crippen MR) is 154 cm³/mol. The van der Waals surface area contributed by atoms with Crippen LogP contribution in [0.25, 0.3) is 10.2 Å². The number of ether oxygens (including phenoxy) is 2. The van der Waals surface area contributed by atoms with E-state index >= 15 is 0 Å². The zero-order valence-corrected chi connectivity index (χ0v) is 23.8. The zero-order valence-electron chi connectivity index (χ0n) is 20.6. The van der Waals surface area contributed by atoms with Crippen LogP contribution in [0.15, 0.2) is 74.4 Å². The summed E-state index contributed by atoms with van der Waals surface area (Å²) in [5.41, 5.74) is 3.20. The van der Waals surface area contributed by atoms with Crippen molar-refractivity contribution < 1.29 is 19.1 Å². The maximum Gasteiger partial charge on any atom is 0.291 e. The van der Waals surface area contributed by atoms with E-state index < -0.39 is 16.7 Å². The lowest BCUT2D eigenvalue weighted by Crippen LogP contribution is -2.37. The third kappa shape index (κ3) is 6.55. The number of amides is 2. The standard InChI is InChI=1S/C26H25BrN4O5S2/c1-3-21(24(33)28-17-10-6-8-12-20(17)35-4-2)38-26-29-18-13-14-37-23(18)25(34)31(26)30-22(32)15-36-19-11-7-5-9-16(19)27/h5-14,21H,3-4,15H2,1-2H3,(H,28,33)(H,30,32). The first-order valence-corrected chi connectivity index (χ1v) is 14.3.